The maximum absolute atomic E-state index is 12.2. The van der Waals surface area contributed by atoms with Crippen molar-refractivity contribution in [2.45, 2.75) is 32.4 Å². The molecule has 5 nitrogen and oxygen atoms in total. The van der Waals surface area contributed by atoms with Crippen LogP contribution in [0.4, 0.5) is 4.79 Å². The zero-order chi connectivity index (χ0) is 16.2. The summed E-state index contributed by atoms with van der Waals surface area (Å²) < 4.78 is 10.9. The Morgan fingerprint density at radius 3 is 2.38 bits per heavy atom. The molecule has 1 amide bonds. The highest BCUT2D eigenvalue weighted by atomic mass is 79.9. The van der Waals surface area contributed by atoms with E-state index in [4.69, 9.17) is 9.47 Å². The van der Waals surface area contributed by atoms with Crippen LogP contribution in [-0.2, 0) is 14.3 Å². The zero-order valence-electron chi connectivity index (χ0n) is 12.8. The van der Waals surface area contributed by atoms with Gasteiger partial charge in [-0.05, 0) is 38.5 Å². The minimum atomic E-state index is -0.859. The van der Waals surface area contributed by atoms with E-state index in [1.807, 2.05) is 6.07 Å². The van der Waals surface area contributed by atoms with Crippen molar-refractivity contribution in [3.8, 4) is 0 Å². The summed E-state index contributed by atoms with van der Waals surface area (Å²) in [5.41, 5.74) is 0.00750. The molecule has 0 saturated heterocycles. The van der Waals surface area contributed by atoms with Crippen molar-refractivity contribution >= 4 is 28.0 Å². The maximum Gasteiger partial charge on any atom is 0.411 e. The Balaban J connectivity index is 3.08. The second kappa shape index (κ2) is 6.93. The monoisotopic (exact) mass is 357 g/mol. The minimum absolute atomic E-state index is 0.526. The van der Waals surface area contributed by atoms with Gasteiger partial charge in [-0.15, -0.1) is 0 Å². The number of ether oxygens (including phenoxy) is 2. The summed E-state index contributed by atoms with van der Waals surface area (Å²) >= 11 is 3.35. The SMILES string of the molecule is COC(=O)C(c1cccc(Br)c1)N(C)C(=O)OC(C)(C)C. The van der Waals surface area contributed by atoms with Crippen molar-refractivity contribution in [3.63, 3.8) is 0 Å². The topological polar surface area (TPSA) is 55.8 Å². The van der Waals surface area contributed by atoms with Crippen molar-refractivity contribution in [2.24, 2.45) is 0 Å². The third-order valence-corrected chi connectivity index (χ3v) is 3.15. The molecule has 1 aromatic carbocycles. The lowest BCUT2D eigenvalue weighted by atomic mass is 10.1. The average Bonchev–Trinajstić information content (AvgIpc) is 2.36. The maximum atomic E-state index is 12.2. The minimum Gasteiger partial charge on any atom is -0.467 e. The summed E-state index contributed by atoms with van der Waals surface area (Å²) in [6.45, 7) is 5.31. The second-order valence-electron chi connectivity index (χ2n) is 5.57. The first-order valence-corrected chi connectivity index (χ1v) is 7.24. The van der Waals surface area contributed by atoms with Crippen LogP contribution < -0.4 is 0 Å². The van der Waals surface area contributed by atoms with Gasteiger partial charge in [0.1, 0.15) is 5.60 Å². The number of hydrogen-bond donors (Lipinski definition) is 0. The molecule has 0 bridgehead atoms. The summed E-state index contributed by atoms with van der Waals surface area (Å²) in [5.74, 6) is -0.526. The van der Waals surface area contributed by atoms with Crippen molar-refractivity contribution in [1.82, 2.24) is 4.90 Å². The van der Waals surface area contributed by atoms with Gasteiger partial charge < -0.3 is 9.47 Å². The van der Waals surface area contributed by atoms with E-state index in [1.54, 1.807) is 39.0 Å². The van der Waals surface area contributed by atoms with Crippen molar-refractivity contribution in [3.05, 3.63) is 34.3 Å². The number of carbonyl (C=O) groups is 2. The second-order valence-corrected chi connectivity index (χ2v) is 6.49. The Morgan fingerprint density at radius 2 is 1.90 bits per heavy atom. The van der Waals surface area contributed by atoms with Gasteiger partial charge in [-0.1, -0.05) is 28.1 Å². The van der Waals surface area contributed by atoms with Gasteiger partial charge in [0, 0.05) is 11.5 Å². The number of amides is 1. The summed E-state index contributed by atoms with van der Waals surface area (Å²) in [5, 5.41) is 0. The molecule has 0 aliphatic carbocycles. The molecule has 0 radical (unpaired) electrons. The molecule has 1 atom stereocenters. The smallest absolute Gasteiger partial charge is 0.411 e. The van der Waals surface area contributed by atoms with Gasteiger partial charge in [-0.3, -0.25) is 4.90 Å². The molecule has 0 aliphatic heterocycles. The predicted octanol–water partition coefficient (Wildman–Crippen LogP) is 3.53. The standard InChI is InChI=1S/C15H20BrNO4/c1-15(2,3)21-14(19)17(4)12(13(18)20-5)10-7-6-8-11(16)9-10/h6-9,12H,1-5H3. The lowest BCUT2D eigenvalue weighted by Crippen LogP contribution is -2.40. The Bertz CT molecular complexity index is 525. The van der Waals surface area contributed by atoms with Gasteiger partial charge in [0.15, 0.2) is 6.04 Å². The van der Waals surface area contributed by atoms with Gasteiger partial charge in [-0.2, -0.15) is 0 Å². The van der Waals surface area contributed by atoms with Crippen LogP contribution in [0.2, 0.25) is 0 Å². The lowest BCUT2D eigenvalue weighted by Gasteiger charge is -2.29. The molecule has 0 aliphatic rings. The van der Waals surface area contributed by atoms with E-state index in [0.29, 0.717) is 5.56 Å². The highest BCUT2D eigenvalue weighted by molar-refractivity contribution is 9.10. The molecular weight excluding hydrogens is 338 g/mol. The van der Waals surface area contributed by atoms with Crippen LogP contribution in [0.25, 0.3) is 0 Å². The van der Waals surface area contributed by atoms with Gasteiger partial charge in [0.05, 0.1) is 7.11 Å². The number of likely N-dealkylation sites (N-methyl/N-ethyl adjacent to an activating group) is 1. The summed E-state index contributed by atoms with van der Waals surface area (Å²) in [4.78, 5) is 25.4. The quantitative estimate of drug-likeness (QED) is 0.776. The zero-order valence-corrected chi connectivity index (χ0v) is 14.4. The van der Waals surface area contributed by atoms with E-state index in [2.05, 4.69) is 15.9 Å². The number of hydrogen-bond acceptors (Lipinski definition) is 4. The summed E-state index contributed by atoms with van der Waals surface area (Å²) in [6.07, 6.45) is -0.585. The molecule has 0 saturated carbocycles. The Labute approximate surface area is 133 Å². The highest BCUT2D eigenvalue weighted by Gasteiger charge is 2.32. The van der Waals surface area contributed by atoms with E-state index < -0.39 is 23.7 Å². The highest BCUT2D eigenvalue weighted by Crippen LogP contribution is 2.25. The molecule has 1 rings (SSSR count). The number of carbonyl (C=O) groups excluding carboxylic acids is 2. The van der Waals surface area contributed by atoms with E-state index in [0.717, 1.165) is 4.47 Å². The van der Waals surface area contributed by atoms with Crippen LogP contribution in [0.3, 0.4) is 0 Å². The Morgan fingerprint density at radius 1 is 1.29 bits per heavy atom. The molecule has 0 N–H and O–H groups in total. The molecule has 0 spiro atoms. The molecule has 0 aromatic heterocycles. The molecule has 0 heterocycles. The third kappa shape index (κ3) is 5.04. The molecule has 1 aromatic rings. The van der Waals surface area contributed by atoms with Crippen molar-refractivity contribution in [1.29, 1.82) is 0 Å². The number of esters is 1. The number of halogens is 1. The van der Waals surface area contributed by atoms with Crippen LogP contribution in [0.15, 0.2) is 28.7 Å². The fourth-order valence-corrected chi connectivity index (χ4v) is 2.16. The summed E-state index contributed by atoms with van der Waals surface area (Å²) in [7, 11) is 2.80. The van der Waals surface area contributed by atoms with Crippen LogP contribution in [0.5, 0.6) is 0 Å². The first-order valence-electron chi connectivity index (χ1n) is 6.45. The van der Waals surface area contributed by atoms with Crippen LogP contribution in [0, 0.1) is 0 Å². The predicted molar refractivity (Wildman–Crippen MR) is 82.9 cm³/mol. The van der Waals surface area contributed by atoms with Crippen LogP contribution >= 0.6 is 15.9 Å². The molecular formula is C15H20BrNO4. The number of methoxy groups -OCH3 is 1. The molecule has 1 unspecified atom stereocenters. The van der Waals surface area contributed by atoms with E-state index >= 15 is 0 Å². The molecule has 116 valence electrons. The average molecular weight is 358 g/mol. The molecule has 6 heteroatoms. The molecule has 21 heavy (non-hydrogen) atoms. The van der Waals surface area contributed by atoms with Gasteiger partial charge in [0.25, 0.3) is 0 Å². The molecule has 0 fully saturated rings. The van der Waals surface area contributed by atoms with Gasteiger partial charge in [-0.25, -0.2) is 9.59 Å². The van der Waals surface area contributed by atoms with E-state index in [9.17, 15) is 9.59 Å². The van der Waals surface area contributed by atoms with Crippen molar-refractivity contribution < 1.29 is 19.1 Å². The fourth-order valence-electron chi connectivity index (χ4n) is 1.75. The Kier molecular flexibility index (Phi) is 5.78. The van der Waals surface area contributed by atoms with Crippen LogP contribution in [0.1, 0.15) is 32.4 Å². The third-order valence-electron chi connectivity index (χ3n) is 2.66. The van der Waals surface area contributed by atoms with Crippen molar-refractivity contribution in [2.75, 3.05) is 14.2 Å². The Hall–Kier alpha value is -1.56. The first kappa shape index (κ1) is 17.5. The van der Waals surface area contributed by atoms with E-state index in [1.165, 1.54) is 19.1 Å². The first-order chi connectivity index (χ1) is 9.65. The number of rotatable bonds is 3. The lowest BCUT2D eigenvalue weighted by molar-refractivity contribution is -0.146. The summed E-state index contributed by atoms with van der Waals surface area (Å²) in [6, 6.07) is 6.29. The largest absolute Gasteiger partial charge is 0.467 e. The van der Waals surface area contributed by atoms with Gasteiger partial charge in [0.2, 0.25) is 0 Å². The number of nitrogens with zero attached hydrogens (tertiary/aromatic N) is 1. The normalized spacial score (nSPS) is 12.5. The fraction of sp³-hybridized carbons (Fsp3) is 0.467. The number of benzene rings is 1. The van der Waals surface area contributed by atoms with Crippen LogP contribution in [-0.4, -0.2) is 36.7 Å². The van der Waals surface area contributed by atoms with E-state index in [-0.39, 0.29) is 0 Å². The van der Waals surface area contributed by atoms with Gasteiger partial charge >= 0.3 is 12.1 Å².